The van der Waals surface area contributed by atoms with E-state index in [0.717, 1.165) is 0 Å². The summed E-state index contributed by atoms with van der Waals surface area (Å²) in [6.45, 7) is 0.270. The van der Waals surface area contributed by atoms with Crippen LogP contribution in [-0.4, -0.2) is 31.6 Å². The van der Waals surface area contributed by atoms with Crippen LogP contribution < -0.4 is 24.4 Å². The molecular weight excluding hydrogens is 348 g/mol. The zero-order chi connectivity index (χ0) is 17.2. The molecule has 0 spiro atoms. The molecule has 128 valence electrons. The van der Waals surface area contributed by atoms with E-state index in [2.05, 4.69) is 10.5 Å². The Labute approximate surface area is 148 Å². The van der Waals surface area contributed by atoms with Gasteiger partial charge in [-0.1, -0.05) is 23.7 Å². The number of amides is 1. The molecular formula is C17H13ClN2O5. The molecule has 1 amide bonds. The molecule has 2 aliphatic rings. The molecule has 0 saturated carbocycles. The lowest BCUT2D eigenvalue weighted by atomic mass is 10.2. The van der Waals surface area contributed by atoms with E-state index in [0.29, 0.717) is 33.6 Å². The van der Waals surface area contributed by atoms with Crippen LogP contribution in [0.25, 0.3) is 0 Å². The van der Waals surface area contributed by atoms with Crippen molar-refractivity contribution in [2.24, 2.45) is 5.10 Å². The first-order valence-electron chi connectivity index (χ1n) is 7.51. The Morgan fingerprint density at radius 2 is 1.88 bits per heavy atom. The Bertz CT molecular complexity index is 855. The van der Waals surface area contributed by atoms with E-state index in [1.54, 1.807) is 24.3 Å². The van der Waals surface area contributed by atoms with Gasteiger partial charge < -0.3 is 18.9 Å². The van der Waals surface area contributed by atoms with Gasteiger partial charge in [0.1, 0.15) is 6.61 Å². The van der Waals surface area contributed by atoms with Crippen molar-refractivity contribution in [1.29, 1.82) is 0 Å². The Morgan fingerprint density at radius 3 is 2.72 bits per heavy atom. The molecule has 7 nitrogen and oxygen atoms in total. The second kappa shape index (κ2) is 6.52. The molecule has 4 rings (SSSR count). The van der Waals surface area contributed by atoms with Crippen LogP contribution in [0.5, 0.6) is 23.0 Å². The summed E-state index contributed by atoms with van der Waals surface area (Å²) in [6.07, 6.45) is 0.652. The molecule has 2 heterocycles. The van der Waals surface area contributed by atoms with Gasteiger partial charge in [-0.3, -0.25) is 4.79 Å². The van der Waals surface area contributed by atoms with Crippen molar-refractivity contribution in [3.8, 4) is 23.0 Å². The third kappa shape index (κ3) is 3.18. The van der Waals surface area contributed by atoms with Crippen molar-refractivity contribution >= 4 is 23.7 Å². The zero-order valence-corrected chi connectivity index (χ0v) is 13.7. The number of nitrogens with one attached hydrogen (secondary N) is 1. The fraction of sp³-hybridized carbons (Fsp3) is 0.176. The molecule has 0 saturated heterocycles. The van der Waals surface area contributed by atoms with Crippen LogP contribution in [-0.2, 0) is 4.79 Å². The maximum atomic E-state index is 12.2. The third-order valence-corrected chi connectivity index (χ3v) is 4.00. The van der Waals surface area contributed by atoms with Gasteiger partial charge in [-0.05, 0) is 18.2 Å². The minimum Gasteiger partial charge on any atom is -0.485 e. The smallest absolute Gasteiger partial charge is 0.284 e. The molecule has 0 unspecified atom stereocenters. The molecule has 0 aliphatic carbocycles. The summed E-state index contributed by atoms with van der Waals surface area (Å²) in [4.78, 5) is 12.2. The predicted octanol–water partition coefficient (Wildman–Crippen LogP) is 2.36. The van der Waals surface area contributed by atoms with Gasteiger partial charge in [0.25, 0.3) is 5.91 Å². The summed E-state index contributed by atoms with van der Waals surface area (Å²) >= 11 is 6.14. The molecule has 2 aromatic carbocycles. The Morgan fingerprint density at radius 1 is 1.12 bits per heavy atom. The number of rotatable bonds is 3. The highest BCUT2D eigenvalue weighted by Gasteiger charge is 2.27. The van der Waals surface area contributed by atoms with Crippen LogP contribution in [0.1, 0.15) is 5.56 Å². The maximum absolute atomic E-state index is 12.2. The third-order valence-electron chi connectivity index (χ3n) is 3.67. The molecule has 2 aromatic rings. The first kappa shape index (κ1) is 15.6. The monoisotopic (exact) mass is 360 g/mol. The molecule has 2 aliphatic heterocycles. The number of hydrazone groups is 1. The lowest BCUT2D eigenvalue weighted by Gasteiger charge is -2.24. The van der Waals surface area contributed by atoms with Gasteiger partial charge >= 0.3 is 0 Å². The first-order valence-corrected chi connectivity index (χ1v) is 7.89. The number of halogens is 1. The van der Waals surface area contributed by atoms with Gasteiger partial charge in [0.05, 0.1) is 11.2 Å². The topological polar surface area (TPSA) is 78.4 Å². The van der Waals surface area contributed by atoms with Crippen LogP contribution in [0.4, 0.5) is 0 Å². The fourth-order valence-corrected chi connectivity index (χ4v) is 2.62. The summed E-state index contributed by atoms with van der Waals surface area (Å²) in [6, 6.07) is 10.5. The summed E-state index contributed by atoms with van der Waals surface area (Å²) in [5.41, 5.74) is 3.02. The molecule has 0 radical (unpaired) electrons. The van der Waals surface area contributed by atoms with E-state index in [9.17, 15) is 4.79 Å². The maximum Gasteiger partial charge on any atom is 0.284 e. The molecule has 0 fully saturated rings. The number of ether oxygens (including phenoxy) is 4. The summed E-state index contributed by atoms with van der Waals surface area (Å²) in [5.74, 6) is 1.89. The average Bonchev–Trinajstić information content (AvgIpc) is 3.08. The van der Waals surface area contributed by atoms with Crippen molar-refractivity contribution in [1.82, 2.24) is 5.43 Å². The molecule has 0 aromatic heterocycles. The summed E-state index contributed by atoms with van der Waals surface area (Å²) in [5, 5.41) is 4.36. The highest BCUT2D eigenvalue weighted by molar-refractivity contribution is 6.33. The van der Waals surface area contributed by atoms with Crippen LogP contribution in [0.2, 0.25) is 5.02 Å². The minimum absolute atomic E-state index is 0.114. The van der Waals surface area contributed by atoms with E-state index in [-0.39, 0.29) is 13.4 Å². The van der Waals surface area contributed by atoms with Crippen LogP contribution in [0, 0.1) is 0 Å². The number of carbonyl (C=O) groups is 1. The largest absolute Gasteiger partial charge is 0.485 e. The molecule has 8 heteroatoms. The standard InChI is InChI=1S/C17H13ClN2O5/c18-11-6-15-14(23-9-24-15)5-10(11)7-19-20-17(21)16-8-22-12-3-1-2-4-13(12)25-16/h1-7,16H,8-9H2,(H,20,21)/b19-7-/t16-/m0/s1. The lowest BCUT2D eigenvalue weighted by molar-refractivity contribution is -0.130. The SMILES string of the molecule is O=C(N/N=C\c1cc2c(cc1Cl)OCO2)[C@@H]1COc2ccccc2O1. The van der Waals surface area contributed by atoms with Gasteiger partial charge in [0.2, 0.25) is 12.9 Å². The molecule has 25 heavy (non-hydrogen) atoms. The second-order valence-corrected chi connectivity index (χ2v) is 5.73. The van der Waals surface area contributed by atoms with Crippen molar-refractivity contribution in [3.05, 3.63) is 47.0 Å². The summed E-state index contributed by atoms with van der Waals surface area (Å²) in [7, 11) is 0. The molecule has 1 N–H and O–H groups in total. The normalized spacial score (nSPS) is 17.6. The van der Waals surface area contributed by atoms with E-state index >= 15 is 0 Å². The number of nitrogens with zero attached hydrogens (tertiary/aromatic N) is 1. The zero-order valence-electron chi connectivity index (χ0n) is 12.9. The van der Waals surface area contributed by atoms with Crippen molar-refractivity contribution in [3.63, 3.8) is 0 Å². The predicted molar refractivity (Wildman–Crippen MR) is 89.7 cm³/mol. The van der Waals surface area contributed by atoms with Crippen LogP contribution >= 0.6 is 11.6 Å². The quantitative estimate of drug-likeness (QED) is 0.671. The molecule has 1 atom stereocenters. The number of hydrogen-bond donors (Lipinski definition) is 1. The second-order valence-electron chi connectivity index (χ2n) is 5.33. The molecule has 0 bridgehead atoms. The Kier molecular flexibility index (Phi) is 4.07. The van der Waals surface area contributed by atoms with Gasteiger partial charge in [0, 0.05) is 11.6 Å². The van der Waals surface area contributed by atoms with Crippen molar-refractivity contribution in [2.75, 3.05) is 13.4 Å². The van der Waals surface area contributed by atoms with Crippen LogP contribution in [0.3, 0.4) is 0 Å². The van der Waals surface area contributed by atoms with Gasteiger partial charge in [-0.2, -0.15) is 5.10 Å². The first-order chi connectivity index (χ1) is 12.2. The van der Waals surface area contributed by atoms with Gasteiger partial charge in [-0.25, -0.2) is 5.43 Å². The van der Waals surface area contributed by atoms with Gasteiger partial charge in [-0.15, -0.1) is 0 Å². The Hall–Kier alpha value is -2.93. The van der Waals surface area contributed by atoms with Crippen molar-refractivity contribution in [2.45, 2.75) is 6.10 Å². The fourth-order valence-electron chi connectivity index (χ4n) is 2.42. The van der Waals surface area contributed by atoms with Gasteiger partial charge in [0.15, 0.2) is 23.0 Å². The highest BCUT2D eigenvalue weighted by atomic mass is 35.5. The Balaban J connectivity index is 1.40. The van der Waals surface area contributed by atoms with E-state index < -0.39 is 12.0 Å². The van der Waals surface area contributed by atoms with Crippen molar-refractivity contribution < 1.29 is 23.7 Å². The van der Waals surface area contributed by atoms with E-state index in [1.165, 1.54) is 6.21 Å². The lowest BCUT2D eigenvalue weighted by Crippen LogP contribution is -2.42. The summed E-state index contributed by atoms with van der Waals surface area (Å²) < 4.78 is 21.6. The highest BCUT2D eigenvalue weighted by Crippen LogP contribution is 2.36. The number of carbonyl (C=O) groups excluding carboxylic acids is 1. The number of fused-ring (bicyclic) bond motifs is 2. The number of hydrogen-bond acceptors (Lipinski definition) is 6. The van der Waals surface area contributed by atoms with E-state index in [4.69, 9.17) is 30.5 Å². The number of benzene rings is 2. The van der Waals surface area contributed by atoms with E-state index in [1.807, 2.05) is 12.1 Å². The average molecular weight is 361 g/mol. The van der Waals surface area contributed by atoms with Crippen LogP contribution in [0.15, 0.2) is 41.5 Å². The number of para-hydroxylation sites is 2. The minimum atomic E-state index is -0.778.